The van der Waals surface area contributed by atoms with Crippen LogP contribution in [0.1, 0.15) is 24.0 Å². The molecule has 2 fully saturated rings. The van der Waals surface area contributed by atoms with Crippen LogP contribution in [0.15, 0.2) is 36.4 Å². The van der Waals surface area contributed by atoms with Crippen molar-refractivity contribution in [3.63, 3.8) is 0 Å². The highest BCUT2D eigenvalue weighted by atomic mass is 19.1. The minimum atomic E-state index is -0.187. The maximum absolute atomic E-state index is 12.9. The smallest absolute Gasteiger partial charge is 0.127 e. The standard InChI is InChI=1S/2C11H11FO2/c2*12-8-2-4-9-7(5-8)1-3-10(14-9)11-6-13-11/h2*2,4-5,10-11H,1,3,6H2/t2*10-,11-/m10/s1. The second kappa shape index (κ2) is 7.33. The minimum Gasteiger partial charge on any atom is -0.487 e. The molecule has 6 heteroatoms. The number of benzene rings is 2. The van der Waals surface area contributed by atoms with Gasteiger partial charge >= 0.3 is 0 Å². The number of hydrogen-bond donors (Lipinski definition) is 0. The molecule has 4 atom stereocenters. The molecule has 0 spiro atoms. The summed E-state index contributed by atoms with van der Waals surface area (Å²) in [6, 6.07) is 9.40. The zero-order chi connectivity index (χ0) is 19.1. The molecule has 28 heavy (non-hydrogen) atoms. The first kappa shape index (κ1) is 17.9. The van der Waals surface area contributed by atoms with Gasteiger partial charge < -0.3 is 18.9 Å². The quantitative estimate of drug-likeness (QED) is 0.734. The highest BCUT2D eigenvalue weighted by Gasteiger charge is 2.37. The third-order valence-electron chi connectivity index (χ3n) is 5.55. The molecule has 0 radical (unpaired) electrons. The summed E-state index contributed by atoms with van der Waals surface area (Å²) in [5.74, 6) is 1.26. The lowest BCUT2D eigenvalue weighted by molar-refractivity contribution is 0.136. The number of epoxide rings is 2. The van der Waals surface area contributed by atoms with Crippen molar-refractivity contribution < 1.29 is 27.7 Å². The highest BCUT2D eigenvalue weighted by Crippen LogP contribution is 2.33. The van der Waals surface area contributed by atoms with E-state index in [1.54, 1.807) is 24.3 Å². The topological polar surface area (TPSA) is 43.5 Å². The van der Waals surface area contributed by atoms with Gasteiger partial charge in [0.1, 0.15) is 47.5 Å². The molecule has 2 aromatic rings. The maximum atomic E-state index is 12.9. The number of rotatable bonds is 2. The van der Waals surface area contributed by atoms with E-state index in [1.807, 2.05) is 0 Å². The molecule has 0 bridgehead atoms. The number of ether oxygens (including phenoxy) is 4. The molecular formula is C22H22F2O4. The van der Waals surface area contributed by atoms with E-state index in [2.05, 4.69) is 0 Å². The van der Waals surface area contributed by atoms with E-state index in [1.165, 1.54) is 12.1 Å². The van der Waals surface area contributed by atoms with E-state index in [9.17, 15) is 8.78 Å². The van der Waals surface area contributed by atoms with Crippen LogP contribution in [0.4, 0.5) is 8.78 Å². The Morgan fingerprint density at radius 3 is 1.46 bits per heavy atom. The van der Waals surface area contributed by atoms with E-state index in [0.29, 0.717) is 0 Å². The Hall–Kier alpha value is -2.18. The lowest BCUT2D eigenvalue weighted by Gasteiger charge is -2.24. The molecule has 4 nitrogen and oxygen atoms in total. The van der Waals surface area contributed by atoms with Crippen molar-refractivity contribution in [1.29, 1.82) is 0 Å². The Kier molecular flexibility index (Phi) is 4.69. The molecule has 0 aromatic heterocycles. The van der Waals surface area contributed by atoms with Crippen molar-refractivity contribution in [3.05, 3.63) is 59.2 Å². The Bertz CT molecular complexity index is 792. The fraction of sp³-hybridized carbons (Fsp3) is 0.455. The molecule has 4 aliphatic rings. The molecule has 0 unspecified atom stereocenters. The number of fused-ring (bicyclic) bond motifs is 2. The molecule has 4 heterocycles. The van der Waals surface area contributed by atoms with Crippen LogP contribution >= 0.6 is 0 Å². The Balaban J connectivity index is 0.000000122. The SMILES string of the molecule is Fc1ccc2c(c1)CC[C@@H]([C@@H]1CO1)O2.Fc1ccc2c(c1)CC[C@H]([C@H]1CO1)O2. The first-order chi connectivity index (χ1) is 13.7. The van der Waals surface area contributed by atoms with Gasteiger partial charge in [-0.3, -0.25) is 0 Å². The molecule has 0 aliphatic carbocycles. The van der Waals surface area contributed by atoms with Gasteiger partial charge in [-0.25, -0.2) is 8.78 Å². The predicted molar refractivity (Wildman–Crippen MR) is 97.8 cm³/mol. The van der Waals surface area contributed by atoms with Gasteiger partial charge in [0.05, 0.1) is 13.2 Å². The normalized spacial score (nSPS) is 29.2. The van der Waals surface area contributed by atoms with Crippen LogP contribution in [0.2, 0.25) is 0 Å². The zero-order valence-electron chi connectivity index (χ0n) is 15.4. The molecular weight excluding hydrogens is 366 g/mol. The summed E-state index contributed by atoms with van der Waals surface area (Å²) >= 11 is 0. The first-order valence-corrected chi connectivity index (χ1v) is 9.79. The molecule has 2 saturated heterocycles. The van der Waals surface area contributed by atoms with Crippen LogP contribution in [0.25, 0.3) is 0 Å². The van der Waals surface area contributed by atoms with Crippen molar-refractivity contribution in [2.45, 2.75) is 50.1 Å². The minimum absolute atomic E-state index is 0.174. The van der Waals surface area contributed by atoms with Gasteiger partial charge in [0.25, 0.3) is 0 Å². The summed E-state index contributed by atoms with van der Waals surface area (Å²) in [7, 11) is 0. The maximum Gasteiger partial charge on any atom is 0.127 e. The summed E-state index contributed by atoms with van der Waals surface area (Å²) in [6.45, 7) is 1.61. The molecule has 0 saturated carbocycles. The Morgan fingerprint density at radius 1 is 0.643 bits per heavy atom. The van der Waals surface area contributed by atoms with Crippen molar-refractivity contribution in [2.75, 3.05) is 13.2 Å². The van der Waals surface area contributed by atoms with Gasteiger partial charge in [-0.2, -0.15) is 0 Å². The number of hydrogen-bond acceptors (Lipinski definition) is 4. The second-order valence-corrected chi connectivity index (χ2v) is 7.64. The third kappa shape index (κ3) is 3.98. The third-order valence-corrected chi connectivity index (χ3v) is 5.55. The van der Waals surface area contributed by atoms with E-state index in [4.69, 9.17) is 18.9 Å². The monoisotopic (exact) mass is 388 g/mol. The highest BCUT2D eigenvalue weighted by molar-refractivity contribution is 5.37. The predicted octanol–water partition coefficient (Wildman–Crippen LogP) is 3.84. The first-order valence-electron chi connectivity index (χ1n) is 9.79. The average molecular weight is 388 g/mol. The fourth-order valence-electron chi connectivity index (χ4n) is 3.82. The van der Waals surface area contributed by atoms with Gasteiger partial charge in [-0.05, 0) is 73.2 Å². The van der Waals surface area contributed by atoms with Crippen LogP contribution in [-0.2, 0) is 22.3 Å². The van der Waals surface area contributed by atoms with E-state index < -0.39 is 0 Å². The Labute approximate surface area is 162 Å². The van der Waals surface area contributed by atoms with Crippen molar-refractivity contribution in [1.82, 2.24) is 0 Å². The molecule has 2 aromatic carbocycles. The van der Waals surface area contributed by atoms with Gasteiger partial charge in [0.15, 0.2) is 0 Å². The average Bonchev–Trinajstić information content (AvgIpc) is 3.60. The van der Waals surface area contributed by atoms with Crippen molar-refractivity contribution in [2.24, 2.45) is 0 Å². The molecule has 0 N–H and O–H groups in total. The van der Waals surface area contributed by atoms with Crippen LogP contribution in [0.3, 0.4) is 0 Å². The van der Waals surface area contributed by atoms with Crippen LogP contribution in [0.5, 0.6) is 11.5 Å². The van der Waals surface area contributed by atoms with Gasteiger partial charge in [-0.1, -0.05) is 0 Å². The van der Waals surface area contributed by atoms with Crippen LogP contribution in [0, 0.1) is 11.6 Å². The summed E-state index contributed by atoms with van der Waals surface area (Å²) in [5, 5.41) is 0. The largest absolute Gasteiger partial charge is 0.487 e. The lowest BCUT2D eigenvalue weighted by atomic mass is 10.0. The molecule has 4 aliphatic heterocycles. The number of aryl methyl sites for hydroxylation is 2. The van der Waals surface area contributed by atoms with Gasteiger partial charge in [-0.15, -0.1) is 0 Å². The molecule has 0 amide bonds. The lowest BCUT2D eigenvalue weighted by Crippen LogP contribution is -2.27. The summed E-state index contributed by atoms with van der Waals surface area (Å²) in [6.07, 6.45) is 4.53. The summed E-state index contributed by atoms with van der Waals surface area (Å²) in [5.41, 5.74) is 1.95. The van der Waals surface area contributed by atoms with Crippen LogP contribution < -0.4 is 9.47 Å². The van der Waals surface area contributed by atoms with Gasteiger partial charge in [0.2, 0.25) is 0 Å². The fourth-order valence-corrected chi connectivity index (χ4v) is 3.82. The molecule has 148 valence electrons. The second-order valence-electron chi connectivity index (χ2n) is 7.64. The van der Waals surface area contributed by atoms with Crippen LogP contribution in [-0.4, -0.2) is 37.6 Å². The van der Waals surface area contributed by atoms with Gasteiger partial charge in [0, 0.05) is 0 Å². The summed E-state index contributed by atoms with van der Waals surface area (Å²) < 4.78 is 47.6. The Morgan fingerprint density at radius 2 is 1.07 bits per heavy atom. The van der Waals surface area contributed by atoms with Crippen molar-refractivity contribution >= 4 is 0 Å². The zero-order valence-corrected chi connectivity index (χ0v) is 15.4. The summed E-state index contributed by atoms with van der Waals surface area (Å²) in [4.78, 5) is 0. The molecule has 6 rings (SSSR count). The van der Waals surface area contributed by atoms with E-state index >= 15 is 0 Å². The van der Waals surface area contributed by atoms with E-state index in [0.717, 1.165) is 61.5 Å². The number of halogens is 2. The van der Waals surface area contributed by atoms with Crippen molar-refractivity contribution in [3.8, 4) is 11.5 Å². The van der Waals surface area contributed by atoms with E-state index in [-0.39, 0.29) is 36.1 Å².